The predicted octanol–water partition coefficient (Wildman–Crippen LogP) is 17.2. The van der Waals surface area contributed by atoms with Gasteiger partial charge in [-0.15, -0.1) is 12.6 Å². The third-order valence-electron chi connectivity index (χ3n) is 16.8. The maximum absolute atomic E-state index is 10.2. The molecule has 0 bridgehead atoms. The maximum Gasteiger partial charge on any atom is 0.137 e. The first kappa shape index (κ1) is 79.4. The van der Waals surface area contributed by atoms with E-state index in [9.17, 15) is 10.2 Å². The van der Waals surface area contributed by atoms with E-state index in [1.807, 2.05) is 134 Å². The second-order valence-electron chi connectivity index (χ2n) is 24.0. The van der Waals surface area contributed by atoms with Crippen molar-refractivity contribution < 1.29 is 10.2 Å². The molecule has 0 unspecified atom stereocenters. The zero-order valence-electron chi connectivity index (χ0n) is 59.6. The number of thiol groups is 2. The topological polar surface area (TPSA) is 95.2 Å². The highest BCUT2D eigenvalue weighted by Gasteiger charge is 2.22. The molecule has 15 aromatic carbocycles. The molecule has 0 aliphatic rings. The minimum absolute atomic E-state index is 0.212. The van der Waals surface area contributed by atoms with Crippen LogP contribution in [0.15, 0.2) is 454 Å². The van der Waals surface area contributed by atoms with Crippen molar-refractivity contribution in [1.82, 2.24) is 9.97 Å². The second-order valence-corrected chi connectivity index (χ2v) is 38.3. The van der Waals surface area contributed by atoms with Crippen molar-refractivity contribution in [3.8, 4) is 5.75 Å². The molecule has 0 amide bonds. The lowest BCUT2D eigenvalue weighted by atomic mass is 10.3. The Morgan fingerprint density at radius 2 is 0.519 bits per heavy atom. The minimum atomic E-state index is -0.717. The van der Waals surface area contributed by atoms with E-state index >= 15 is 0 Å². The molecule has 0 saturated heterocycles. The summed E-state index contributed by atoms with van der Waals surface area (Å²) in [5.74, 6) is 0.367. The van der Waals surface area contributed by atoms with E-state index < -0.39 is 39.6 Å². The van der Waals surface area contributed by atoms with Crippen LogP contribution in [0.5, 0.6) is 5.75 Å². The predicted molar refractivity (Wildman–Crippen MR) is 485 cm³/mol. The molecular weight excluding hydrogens is 1470 g/mol. The van der Waals surface area contributed by atoms with Crippen molar-refractivity contribution >= 4 is 164 Å². The molecule has 0 aliphatic carbocycles. The summed E-state index contributed by atoms with van der Waals surface area (Å²) in [6.45, 7) is 0. The Morgan fingerprint density at radius 1 is 0.278 bits per heavy atom. The third kappa shape index (κ3) is 23.2. The van der Waals surface area contributed by atoms with E-state index in [0.29, 0.717) is 5.75 Å². The van der Waals surface area contributed by atoms with Crippen LogP contribution in [-0.2, 0) is 0 Å². The number of rotatable bonds is 18. The molecule has 534 valence electrons. The number of H-pyrrole nitrogens is 1. The van der Waals surface area contributed by atoms with Crippen LogP contribution in [0.3, 0.4) is 0 Å². The Labute approximate surface area is 656 Å². The van der Waals surface area contributed by atoms with Gasteiger partial charge in [0.25, 0.3) is 0 Å². The fourth-order valence-electron chi connectivity index (χ4n) is 11.7. The largest absolute Gasteiger partial charge is 0.507 e. The van der Waals surface area contributed by atoms with E-state index in [2.05, 4.69) is 345 Å². The first-order valence-corrected chi connectivity index (χ1v) is 44.8. The molecule has 0 radical (unpaired) electrons. The van der Waals surface area contributed by atoms with Crippen LogP contribution >= 0.6 is 72.8 Å². The quantitative estimate of drug-likeness (QED) is 0.0293. The molecule has 0 atom stereocenters. The molecule has 0 aliphatic heterocycles. The Morgan fingerprint density at radius 3 is 0.796 bits per heavy atom. The molecule has 108 heavy (non-hydrogen) atoms. The number of phenolic OH excluding ortho intramolecular Hbond substituents is 1. The van der Waals surface area contributed by atoms with E-state index in [-0.39, 0.29) is 14.3 Å². The average molecular weight is 1550 g/mol. The molecule has 0 saturated carbocycles. The molecule has 13 heteroatoms. The lowest BCUT2D eigenvalue weighted by molar-refractivity contribution is 0.372. The van der Waals surface area contributed by atoms with Crippen molar-refractivity contribution in [3.05, 3.63) is 449 Å². The highest BCUT2D eigenvalue weighted by Crippen LogP contribution is 2.39. The van der Waals surface area contributed by atoms with Crippen molar-refractivity contribution in [1.29, 1.82) is 0 Å². The monoisotopic (exact) mass is 1550 g/mol. The van der Waals surface area contributed by atoms with Crippen LogP contribution in [0, 0.1) is 0 Å². The standard InChI is InChI=1S/C18H16NP.C18H15OP.C18H15PS.C15H13N2P.C13H13OP.C13H13PS/c2*19-17-13-7-8-14-18(17)20(15-9-3-1-4-10-15)16-11-5-2-6-12-16;20-18-14-8-7-13-17(18)19(15-9-3-1-4-10-15)16-11-5-2-6-12-16;1-3-7-13(8-4-1)18(15-16-11-12-17-15)14-9-5-2-6-10-14;14-11-15(12-7-3-1-4-8-12)13-9-5-2-6-10-13;15-11-14(12-7-3-1-4-8-12)13-9-5-2-6-10-13/h1-14H,19H2;1-14,19H;1-14,20H;1-12H,(H,16,17);1-10,14H,11H2;1-10,15H,11H2. The van der Waals surface area contributed by atoms with Gasteiger partial charge in [0, 0.05) is 47.0 Å². The number of benzene rings is 15. The fraction of sp³-hybridized carbons (Fsp3) is 0.0211. The molecular formula is C95H85N3O2P6S2. The van der Waals surface area contributed by atoms with Gasteiger partial charge in [0.2, 0.25) is 0 Å². The molecule has 5 nitrogen and oxygen atoms in total. The van der Waals surface area contributed by atoms with E-state index in [1.54, 1.807) is 6.07 Å². The van der Waals surface area contributed by atoms with Crippen LogP contribution < -0.4 is 90.9 Å². The summed E-state index contributed by atoms with van der Waals surface area (Å²) in [6, 6.07) is 150. The van der Waals surface area contributed by atoms with Gasteiger partial charge in [0.05, 0.1) is 6.35 Å². The van der Waals surface area contributed by atoms with Gasteiger partial charge in [-0.05, 0) is 127 Å². The highest BCUT2D eigenvalue weighted by atomic mass is 32.1. The zero-order chi connectivity index (χ0) is 74.6. The van der Waals surface area contributed by atoms with Gasteiger partial charge in [-0.1, -0.05) is 419 Å². The van der Waals surface area contributed by atoms with Crippen LogP contribution in [0.4, 0.5) is 5.69 Å². The Kier molecular flexibility index (Phi) is 32.3. The lowest BCUT2D eigenvalue weighted by Gasteiger charge is -2.20. The Bertz CT molecular complexity index is 4500. The second kappa shape index (κ2) is 44.0. The third-order valence-corrected chi connectivity index (χ3v) is 32.3. The van der Waals surface area contributed by atoms with Gasteiger partial charge in [-0.25, -0.2) is 4.98 Å². The number of nitrogens with two attached hydrogens (primary N) is 1. The number of nitrogens with one attached hydrogen (secondary N) is 1. The SMILES string of the molecule is Nc1ccccc1P(c1ccccc1)c1ccccc1.OCP(c1ccccc1)c1ccccc1.Oc1ccccc1P(c1ccccc1)c1ccccc1.SCP(c1ccccc1)c1ccccc1.Sc1ccccc1P(c1ccccc1)c1ccccc1.c1ccc(P(c2ccccc2)c2ncc[nH]2)cc1. The van der Waals surface area contributed by atoms with Gasteiger partial charge in [0.1, 0.15) is 11.3 Å². The van der Waals surface area contributed by atoms with Crippen LogP contribution in [0.2, 0.25) is 0 Å². The molecule has 0 fully saturated rings. The van der Waals surface area contributed by atoms with Crippen molar-refractivity contribution in [2.75, 3.05) is 17.6 Å². The molecule has 0 spiro atoms. The highest BCUT2D eigenvalue weighted by molar-refractivity contribution is 7.93. The number of hydrogen-bond acceptors (Lipinski definition) is 6. The maximum atomic E-state index is 10.2. The molecule has 16 rings (SSSR count). The summed E-state index contributed by atoms with van der Waals surface area (Å²) >= 11 is 9.12. The first-order valence-electron chi connectivity index (χ1n) is 35.3. The summed E-state index contributed by atoms with van der Waals surface area (Å²) in [7, 11) is -3.31. The van der Waals surface area contributed by atoms with Gasteiger partial charge in [-0.2, -0.15) is 12.6 Å². The Balaban J connectivity index is 0.000000129. The summed E-state index contributed by atoms with van der Waals surface area (Å²) in [4.78, 5) is 8.76. The van der Waals surface area contributed by atoms with E-state index in [1.165, 1.54) is 74.3 Å². The van der Waals surface area contributed by atoms with Gasteiger partial charge < -0.3 is 20.9 Å². The number of imidazole rings is 1. The van der Waals surface area contributed by atoms with Crippen molar-refractivity contribution in [2.24, 2.45) is 0 Å². The van der Waals surface area contributed by atoms with Gasteiger partial charge in [0.15, 0.2) is 0 Å². The van der Waals surface area contributed by atoms with E-state index in [4.69, 9.17) is 5.73 Å². The number of aromatic nitrogens is 2. The van der Waals surface area contributed by atoms with Crippen molar-refractivity contribution in [2.45, 2.75) is 4.90 Å². The zero-order valence-corrected chi connectivity index (χ0v) is 66.8. The number of aliphatic hydroxyl groups is 1. The fourth-order valence-corrected chi connectivity index (χ4v) is 25.7. The molecule has 16 aromatic rings. The summed E-state index contributed by atoms with van der Waals surface area (Å²) in [5.41, 5.74) is 9.03. The number of aromatic hydroxyl groups is 1. The number of hydrogen-bond donors (Lipinski definition) is 6. The molecule has 1 heterocycles. The lowest BCUT2D eigenvalue weighted by Crippen LogP contribution is -2.22. The normalized spacial score (nSPS) is 10.6. The van der Waals surface area contributed by atoms with Crippen LogP contribution in [0.25, 0.3) is 0 Å². The number of nitrogen functional groups attached to an aromatic ring is 1. The van der Waals surface area contributed by atoms with Gasteiger partial charge in [-0.3, -0.25) is 0 Å². The number of para-hydroxylation sites is 2. The van der Waals surface area contributed by atoms with Crippen LogP contribution in [0.1, 0.15) is 0 Å². The van der Waals surface area contributed by atoms with Gasteiger partial charge >= 0.3 is 0 Å². The minimum Gasteiger partial charge on any atom is -0.507 e. The first-order chi connectivity index (χ1) is 53.4. The number of anilines is 1. The molecule has 5 N–H and O–H groups in total. The van der Waals surface area contributed by atoms with Crippen molar-refractivity contribution in [3.63, 3.8) is 0 Å². The summed E-state index contributed by atoms with van der Waals surface area (Å²) < 4.78 is 0. The number of aromatic amines is 1. The van der Waals surface area contributed by atoms with Crippen LogP contribution in [-0.4, -0.2) is 32.0 Å². The Hall–Kier alpha value is -9.65. The smallest absolute Gasteiger partial charge is 0.137 e. The average Bonchev–Trinajstić information content (AvgIpc) is 1.24. The number of nitrogens with zero attached hydrogens (tertiary/aromatic N) is 1. The summed E-state index contributed by atoms with van der Waals surface area (Å²) in [5, 5.41) is 38.9. The number of phenols is 1. The van der Waals surface area contributed by atoms with E-state index in [0.717, 1.165) is 26.9 Å². The molecule has 1 aromatic heterocycles. The number of aliphatic hydroxyl groups excluding tert-OH is 1. The summed E-state index contributed by atoms with van der Waals surface area (Å²) in [6.07, 6.45) is 3.91.